The van der Waals surface area contributed by atoms with Crippen LogP contribution in [0.4, 0.5) is 10.1 Å². The second-order valence-corrected chi connectivity index (χ2v) is 6.87. The largest absolute Gasteiger partial charge is 0.463 e. The number of hydrogen-bond donors (Lipinski definition) is 3. The minimum Gasteiger partial charge on any atom is -0.463 e. The maximum Gasteiger partial charge on any atom is 0.309 e. The van der Waals surface area contributed by atoms with E-state index in [2.05, 4.69) is 17.2 Å². The topological polar surface area (TPSA) is 79.0 Å². The van der Waals surface area contributed by atoms with Crippen molar-refractivity contribution in [3.8, 4) is 0 Å². The van der Waals surface area contributed by atoms with Crippen LogP contribution in [0.25, 0.3) is 0 Å². The molecule has 29 heavy (non-hydrogen) atoms. The molecule has 2 amide bonds. The number of benzene rings is 1. The van der Waals surface area contributed by atoms with Crippen LogP contribution >= 0.6 is 0 Å². The molecule has 0 aliphatic carbocycles. The van der Waals surface area contributed by atoms with Gasteiger partial charge in [-0.1, -0.05) is 18.2 Å². The van der Waals surface area contributed by atoms with Gasteiger partial charge in [-0.25, -0.2) is 4.39 Å². The molecule has 7 nitrogen and oxygen atoms in total. The second-order valence-electron chi connectivity index (χ2n) is 6.87. The molecule has 0 saturated carbocycles. The monoisotopic (exact) mass is 401 g/mol. The van der Waals surface area contributed by atoms with Crippen molar-refractivity contribution in [2.75, 3.05) is 44.2 Å². The van der Waals surface area contributed by atoms with Crippen LogP contribution in [-0.2, 0) is 9.59 Å². The van der Waals surface area contributed by atoms with Crippen molar-refractivity contribution in [1.29, 1.82) is 0 Å². The first-order valence-corrected chi connectivity index (χ1v) is 9.64. The first kappa shape index (κ1) is 20.6. The molecule has 1 saturated heterocycles. The summed E-state index contributed by atoms with van der Waals surface area (Å²) in [7, 11) is 0. The molecule has 0 unspecified atom stereocenters. The molecule has 1 aliphatic rings. The van der Waals surface area contributed by atoms with E-state index < -0.39 is 11.8 Å². The quantitative estimate of drug-likeness (QED) is 0.460. The number of piperazine rings is 1. The zero-order valence-electron chi connectivity index (χ0n) is 16.2. The standard InChI is InChI=1S/C21H25FN4O3/c1-2-9-23-20(27)21(28)24-15-18(19-8-5-14-29-19)26-12-10-25(11-13-26)17-7-4-3-6-16(17)22/h2-8,14,18H,1,9-13,15H2,(H,23,27)(H,24,28)/p+1/t18-/m0/s1. The maximum absolute atomic E-state index is 14.1. The molecule has 2 aromatic rings. The van der Waals surface area contributed by atoms with Crippen LogP contribution in [0.5, 0.6) is 0 Å². The molecule has 1 aliphatic heterocycles. The number of halogens is 1. The fourth-order valence-corrected chi connectivity index (χ4v) is 3.55. The number of carbonyl (C=O) groups is 2. The van der Waals surface area contributed by atoms with Crippen LogP contribution in [0.1, 0.15) is 11.8 Å². The van der Waals surface area contributed by atoms with Gasteiger partial charge in [-0.2, -0.15) is 0 Å². The average molecular weight is 401 g/mol. The predicted molar refractivity (Wildman–Crippen MR) is 107 cm³/mol. The van der Waals surface area contributed by atoms with Crippen molar-refractivity contribution in [3.63, 3.8) is 0 Å². The van der Waals surface area contributed by atoms with Crippen LogP contribution in [0.2, 0.25) is 0 Å². The van der Waals surface area contributed by atoms with E-state index in [1.165, 1.54) is 17.0 Å². The summed E-state index contributed by atoms with van der Waals surface area (Å²) >= 11 is 0. The van der Waals surface area contributed by atoms with Crippen molar-refractivity contribution in [2.45, 2.75) is 6.04 Å². The van der Waals surface area contributed by atoms with E-state index in [-0.39, 0.29) is 24.9 Å². The molecule has 3 N–H and O–H groups in total. The highest BCUT2D eigenvalue weighted by Gasteiger charge is 2.32. The summed E-state index contributed by atoms with van der Waals surface area (Å²) in [5, 5.41) is 5.15. The molecule has 0 spiro atoms. The number of quaternary nitrogens is 1. The minimum absolute atomic E-state index is 0.135. The van der Waals surface area contributed by atoms with E-state index in [0.29, 0.717) is 18.8 Å². The fraction of sp³-hybridized carbons (Fsp3) is 0.333. The van der Waals surface area contributed by atoms with E-state index in [1.54, 1.807) is 24.5 Å². The Morgan fingerprint density at radius 1 is 1.17 bits per heavy atom. The Morgan fingerprint density at radius 2 is 1.90 bits per heavy atom. The lowest BCUT2D eigenvalue weighted by atomic mass is 10.1. The summed E-state index contributed by atoms with van der Waals surface area (Å²) in [6.07, 6.45) is 3.10. The Bertz CT molecular complexity index is 832. The van der Waals surface area contributed by atoms with Gasteiger partial charge in [0.05, 0.1) is 44.7 Å². The van der Waals surface area contributed by atoms with E-state index in [1.807, 2.05) is 17.0 Å². The molecule has 2 heterocycles. The number of furan rings is 1. The lowest BCUT2D eigenvalue weighted by molar-refractivity contribution is -0.932. The number of para-hydroxylation sites is 1. The Kier molecular flexibility index (Phi) is 7.02. The number of hydrogen-bond acceptors (Lipinski definition) is 4. The van der Waals surface area contributed by atoms with E-state index in [9.17, 15) is 14.0 Å². The average Bonchev–Trinajstić information content (AvgIpc) is 3.27. The first-order valence-electron chi connectivity index (χ1n) is 9.64. The summed E-state index contributed by atoms with van der Waals surface area (Å²) in [4.78, 5) is 27.0. The zero-order valence-corrected chi connectivity index (χ0v) is 16.2. The third-order valence-electron chi connectivity index (χ3n) is 5.06. The summed E-state index contributed by atoms with van der Waals surface area (Å²) in [6.45, 7) is 6.86. The van der Waals surface area contributed by atoms with Gasteiger partial charge in [0.1, 0.15) is 5.82 Å². The Hall–Kier alpha value is -3.13. The molecule has 1 aromatic heterocycles. The third-order valence-corrected chi connectivity index (χ3v) is 5.06. The summed E-state index contributed by atoms with van der Waals surface area (Å²) in [5.41, 5.74) is 0.605. The van der Waals surface area contributed by atoms with Gasteiger partial charge in [0.25, 0.3) is 0 Å². The van der Waals surface area contributed by atoms with Gasteiger partial charge in [0, 0.05) is 6.54 Å². The van der Waals surface area contributed by atoms with Crippen LogP contribution < -0.4 is 20.4 Å². The first-order chi connectivity index (χ1) is 14.1. The van der Waals surface area contributed by atoms with Gasteiger partial charge in [0.15, 0.2) is 11.8 Å². The van der Waals surface area contributed by atoms with Gasteiger partial charge in [-0.3, -0.25) is 9.59 Å². The molecule has 3 rings (SSSR count). The van der Waals surface area contributed by atoms with Crippen molar-refractivity contribution < 1.29 is 23.3 Å². The molecule has 154 valence electrons. The highest BCUT2D eigenvalue weighted by Crippen LogP contribution is 2.19. The van der Waals surface area contributed by atoms with Crippen molar-refractivity contribution in [3.05, 3.63) is 66.9 Å². The van der Waals surface area contributed by atoms with Crippen molar-refractivity contribution in [1.82, 2.24) is 10.6 Å². The van der Waals surface area contributed by atoms with Crippen LogP contribution in [-0.4, -0.2) is 51.1 Å². The SMILES string of the molecule is C=CCNC(=O)C(=O)NC[C@@H](c1ccco1)[NH+]1CCN(c2ccccc2F)CC1. The van der Waals surface area contributed by atoms with Gasteiger partial charge in [0.2, 0.25) is 0 Å². The number of nitrogens with one attached hydrogen (secondary N) is 3. The van der Waals surface area contributed by atoms with Gasteiger partial charge < -0.3 is 24.9 Å². The highest BCUT2D eigenvalue weighted by molar-refractivity contribution is 6.35. The lowest BCUT2D eigenvalue weighted by Crippen LogP contribution is -3.15. The maximum atomic E-state index is 14.1. The molecule has 0 bridgehead atoms. The Morgan fingerprint density at radius 3 is 2.55 bits per heavy atom. The van der Waals surface area contributed by atoms with E-state index >= 15 is 0 Å². The molecule has 8 heteroatoms. The Labute approximate surface area is 169 Å². The lowest BCUT2D eigenvalue weighted by Gasteiger charge is -2.37. The van der Waals surface area contributed by atoms with Gasteiger partial charge in [-0.15, -0.1) is 6.58 Å². The van der Waals surface area contributed by atoms with Crippen LogP contribution in [0.3, 0.4) is 0 Å². The zero-order chi connectivity index (χ0) is 20.6. The highest BCUT2D eigenvalue weighted by atomic mass is 19.1. The van der Waals surface area contributed by atoms with E-state index in [4.69, 9.17) is 4.42 Å². The van der Waals surface area contributed by atoms with Gasteiger partial charge >= 0.3 is 11.8 Å². The normalized spacial score (nSPS) is 15.6. The molecule has 1 fully saturated rings. The van der Waals surface area contributed by atoms with E-state index in [0.717, 1.165) is 18.8 Å². The fourth-order valence-electron chi connectivity index (χ4n) is 3.55. The van der Waals surface area contributed by atoms with Crippen molar-refractivity contribution in [2.24, 2.45) is 0 Å². The number of carbonyl (C=O) groups excluding carboxylic acids is 2. The molecule has 1 atom stereocenters. The minimum atomic E-state index is -0.692. The smallest absolute Gasteiger partial charge is 0.309 e. The molecule has 1 aromatic carbocycles. The second kappa shape index (κ2) is 9.88. The number of amides is 2. The molecular formula is C21H26FN4O3+. The Balaban J connectivity index is 1.61. The summed E-state index contributed by atoms with van der Waals surface area (Å²) < 4.78 is 19.6. The summed E-state index contributed by atoms with van der Waals surface area (Å²) in [5.74, 6) is -0.863. The van der Waals surface area contributed by atoms with Gasteiger partial charge in [-0.05, 0) is 24.3 Å². The molecule has 0 radical (unpaired) electrons. The van der Waals surface area contributed by atoms with Crippen molar-refractivity contribution >= 4 is 17.5 Å². The molecular weight excluding hydrogens is 375 g/mol. The van der Waals surface area contributed by atoms with Crippen LogP contribution in [0.15, 0.2) is 59.7 Å². The predicted octanol–water partition coefficient (Wildman–Crippen LogP) is 0.283. The number of anilines is 1. The third kappa shape index (κ3) is 5.23. The van der Waals surface area contributed by atoms with Crippen LogP contribution in [0, 0.1) is 5.82 Å². The number of rotatable bonds is 7. The number of nitrogens with zero attached hydrogens (tertiary/aromatic N) is 1. The summed E-state index contributed by atoms with van der Waals surface area (Å²) in [6, 6.07) is 10.3.